The molecule has 0 bridgehead atoms. The summed E-state index contributed by atoms with van der Waals surface area (Å²) in [6.45, 7) is 8.11. The number of nitrogens with one attached hydrogen (secondary N) is 1. The zero-order chi connectivity index (χ0) is 11.9. The predicted molar refractivity (Wildman–Crippen MR) is 73.3 cm³/mol. The minimum absolute atomic E-state index is 0.265. The molecule has 1 N–H and O–H groups in total. The van der Waals surface area contributed by atoms with Gasteiger partial charge < -0.3 is 5.32 Å². The molecule has 1 saturated carbocycles. The number of rotatable bonds is 3. The summed E-state index contributed by atoms with van der Waals surface area (Å²) in [7, 11) is 0. The van der Waals surface area contributed by atoms with Gasteiger partial charge in [-0.2, -0.15) is 11.3 Å². The summed E-state index contributed by atoms with van der Waals surface area (Å²) >= 11 is 1.81. The van der Waals surface area contributed by atoms with Gasteiger partial charge in [0.2, 0.25) is 0 Å². The number of piperazine rings is 1. The topological polar surface area (TPSA) is 15.3 Å². The van der Waals surface area contributed by atoms with E-state index in [-0.39, 0.29) is 5.54 Å². The van der Waals surface area contributed by atoms with Gasteiger partial charge in [0.1, 0.15) is 0 Å². The van der Waals surface area contributed by atoms with Gasteiger partial charge >= 0.3 is 0 Å². The Balaban J connectivity index is 1.72. The van der Waals surface area contributed by atoms with Gasteiger partial charge in [0, 0.05) is 31.2 Å². The molecule has 17 heavy (non-hydrogen) atoms. The Bertz CT molecular complexity index is 368. The van der Waals surface area contributed by atoms with Gasteiger partial charge in [-0.1, -0.05) is 0 Å². The van der Waals surface area contributed by atoms with Gasteiger partial charge in [-0.15, -0.1) is 0 Å². The van der Waals surface area contributed by atoms with Gasteiger partial charge in [0.05, 0.1) is 0 Å². The van der Waals surface area contributed by atoms with Crippen LogP contribution in [-0.4, -0.2) is 29.6 Å². The molecule has 1 aliphatic heterocycles. The van der Waals surface area contributed by atoms with Gasteiger partial charge in [-0.25, -0.2) is 0 Å². The maximum atomic E-state index is 3.70. The Morgan fingerprint density at radius 2 is 2.29 bits per heavy atom. The van der Waals surface area contributed by atoms with Crippen LogP contribution >= 0.6 is 11.3 Å². The highest BCUT2D eigenvalue weighted by atomic mass is 32.1. The first-order valence-electron chi connectivity index (χ1n) is 6.64. The fourth-order valence-electron chi connectivity index (χ4n) is 2.93. The molecule has 2 heterocycles. The maximum absolute atomic E-state index is 3.70. The summed E-state index contributed by atoms with van der Waals surface area (Å²) in [6, 6.07) is 3.03. The standard InChI is InChI=1S/C14H22N2S/c1-14(2)10-16(8-11-5-6-17-9-11)13(7-15-14)12-3-4-12/h5-6,9,12-13,15H,3-4,7-8,10H2,1-2H3. The van der Waals surface area contributed by atoms with Crippen LogP contribution in [0, 0.1) is 5.92 Å². The monoisotopic (exact) mass is 250 g/mol. The summed E-state index contributed by atoms with van der Waals surface area (Å²) in [5, 5.41) is 8.18. The van der Waals surface area contributed by atoms with E-state index < -0.39 is 0 Å². The lowest BCUT2D eigenvalue weighted by atomic mass is 9.96. The third kappa shape index (κ3) is 2.72. The zero-order valence-electron chi connectivity index (χ0n) is 10.8. The average Bonchev–Trinajstić information content (AvgIpc) is 2.96. The van der Waals surface area contributed by atoms with Crippen LogP contribution in [0.15, 0.2) is 16.8 Å². The van der Waals surface area contributed by atoms with Gasteiger partial charge in [-0.05, 0) is 55.0 Å². The molecule has 3 rings (SSSR count). The molecule has 1 unspecified atom stereocenters. The highest BCUT2D eigenvalue weighted by Gasteiger charge is 2.40. The zero-order valence-corrected chi connectivity index (χ0v) is 11.6. The van der Waals surface area contributed by atoms with Crippen molar-refractivity contribution < 1.29 is 0 Å². The summed E-state index contributed by atoms with van der Waals surface area (Å²) < 4.78 is 0. The van der Waals surface area contributed by atoms with Crippen LogP contribution in [0.3, 0.4) is 0 Å². The first kappa shape index (κ1) is 11.7. The number of nitrogens with zero attached hydrogens (tertiary/aromatic N) is 1. The second-order valence-electron chi connectivity index (χ2n) is 6.21. The van der Waals surface area contributed by atoms with E-state index in [1.54, 1.807) is 0 Å². The van der Waals surface area contributed by atoms with E-state index >= 15 is 0 Å². The van der Waals surface area contributed by atoms with Crippen LogP contribution in [0.25, 0.3) is 0 Å². The normalized spacial score (nSPS) is 29.4. The molecular weight excluding hydrogens is 228 g/mol. The summed E-state index contributed by atoms with van der Waals surface area (Å²) in [4.78, 5) is 2.70. The number of hydrogen-bond acceptors (Lipinski definition) is 3. The second kappa shape index (κ2) is 4.38. The lowest BCUT2D eigenvalue weighted by Gasteiger charge is -2.45. The Morgan fingerprint density at radius 1 is 1.47 bits per heavy atom. The lowest BCUT2D eigenvalue weighted by Crippen LogP contribution is -2.61. The molecule has 1 saturated heterocycles. The molecule has 2 nitrogen and oxygen atoms in total. The second-order valence-corrected chi connectivity index (χ2v) is 6.99. The van der Waals surface area contributed by atoms with Crippen molar-refractivity contribution in [3.8, 4) is 0 Å². The maximum Gasteiger partial charge on any atom is 0.0253 e. The van der Waals surface area contributed by atoms with Crippen molar-refractivity contribution in [1.82, 2.24) is 10.2 Å². The van der Waals surface area contributed by atoms with Gasteiger partial charge in [-0.3, -0.25) is 4.90 Å². The summed E-state index contributed by atoms with van der Waals surface area (Å²) in [6.07, 6.45) is 2.87. The molecular formula is C14H22N2S. The van der Waals surface area contributed by atoms with Gasteiger partial charge in [0.25, 0.3) is 0 Å². The molecule has 0 aromatic carbocycles. The molecule has 1 aromatic heterocycles. The molecule has 0 spiro atoms. The van der Waals surface area contributed by atoms with E-state index in [9.17, 15) is 0 Å². The van der Waals surface area contributed by atoms with Crippen LogP contribution in [-0.2, 0) is 6.54 Å². The van der Waals surface area contributed by atoms with Crippen molar-refractivity contribution in [2.45, 2.75) is 44.8 Å². The first-order chi connectivity index (χ1) is 8.14. The van der Waals surface area contributed by atoms with Crippen molar-refractivity contribution in [3.05, 3.63) is 22.4 Å². The van der Waals surface area contributed by atoms with E-state index in [0.29, 0.717) is 0 Å². The third-order valence-electron chi connectivity index (χ3n) is 3.99. The molecule has 94 valence electrons. The molecule has 2 aliphatic rings. The Hall–Kier alpha value is -0.380. The molecule has 3 heteroatoms. The highest BCUT2D eigenvalue weighted by Crippen LogP contribution is 2.37. The quantitative estimate of drug-likeness (QED) is 0.887. The fourth-order valence-corrected chi connectivity index (χ4v) is 3.59. The summed E-state index contributed by atoms with van der Waals surface area (Å²) in [5.41, 5.74) is 1.75. The molecule has 1 atom stereocenters. The van der Waals surface area contributed by atoms with Crippen LogP contribution < -0.4 is 5.32 Å². The Morgan fingerprint density at radius 3 is 2.94 bits per heavy atom. The van der Waals surface area contributed by atoms with Crippen molar-refractivity contribution in [2.24, 2.45) is 5.92 Å². The molecule has 0 amide bonds. The Kier molecular flexibility index (Phi) is 3.01. The number of hydrogen-bond donors (Lipinski definition) is 1. The van der Waals surface area contributed by atoms with Gasteiger partial charge in [0.15, 0.2) is 0 Å². The highest BCUT2D eigenvalue weighted by molar-refractivity contribution is 7.07. The van der Waals surface area contributed by atoms with E-state index in [4.69, 9.17) is 0 Å². The predicted octanol–water partition coefficient (Wildman–Crippen LogP) is 2.71. The van der Waals surface area contributed by atoms with E-state index in [1.165, 1.54) is 31.5 Å². The lowest BCUT2D eigenvalue weighted by molar-refractivity contribution is 0.0761. The fraction of sp³-hybridized carbons (Fsp3) is 0.714. The average molecular weight is 250 g/mol. The van der Waals surface area contributed by atoms with Crippen molar-refractivity contribution in [3.63, 3.8) is 0 Å². The first-order valence-corrected chi connectivity index (χ1v) is 7.58. The van der Waals surface area contributed by atoms with Crippen molar-refractivity contribution in [1.29, 1.82) is 0 Å². The van der Waals surface area contributed by atoms with E-state index in [2.05, 4.69) is 40.9 Å². The Labute approximate surface area is 108 Å². The minimum atomic E-state index is 0.265. The van der Waals surface area contributed by atoms with Crippen molar-refractivity contribution >= 4 is 11.3 Å². The van der Waals surface area contributed by atoms with Crippen molar-refractivity contribution in [2.75, 3.05) is 13.1 Å². The van der Waals surface area contributed by atoms with Crippen LogP contribution in [0.4, 0.5) is 0 Å². The van der Waals surface area contributed by atoms with Crippen LogP contribution in [0.2, 0.25) is 0 Å². The molecule has 2 fully saturated rings. The minimum Gasteiger partial charge on any atom is -0.309 e. The van der Waals surface area contributed by atoms with Crippen LogP contribution in [0.5, 0.6) is 0 Å². The van der Waals surface area contributed by atoms with E-state index in [0.717, 1.165) is 18.5 Å². The largest absolute Gasteiger partial charge is 0.309 e. The number of thiophene rings is 1. The smallest absolute Gasteiger partial charge is 0.0253 e. The molecule has 1 aromatic rings. The van der Waals surface area contributed by atoms with Crippen LogP contribution in [0.1, 0.15) is 32.3 Å². The molecule has 1 aliphatic carbocycles. The molecule has 0 radical (unpaired) electrons. The van der Waals surface area contributed by atoms with E-state index in [1.807, 2.05) is 11.3 Å². The SMILES string of the molecule is CC1(C)CN(Cc2ccsc2)C(C2CC2)CN1. The summed E-state index contributed by atoms with van der Waals surface area (Å²) in [5.74, 6) is 0.956. The third-order valence-corrected chi connectivity index (χ3v) is 4.72.